The molecule has 1 rings (SSSR count). The maximum Gasteiger partial charge on any atom is 0.137 e. The second kappa shape index (κ2) is 6.45. The Bertz CT molecular complexity index is 320. The molecular weight excluding hydrogens is 209 g/mol. The summed E-state index contributed by atoms with van der Waals surface area (Å²) < 4.78 is 18.3. The van der Waals surface area contributed by atoms with Crippen molar-refractivity contribution in [2.45, 2.75) is 31.9 Å². The highest BCUT2D eigenvalue weighted by atomic mass is 19.1. The summed E-state index contributed by atoms with van der Waals surface area (Å²) in [5.41, 5.74) is 5.85. The van der Waals surface area contributed by atoms with Gasteiger partial charge in [-0.3, -0.25) is 0 Å². The number of hydrogen-bond donors (Lipinski definition) is 2. The van der Waals surface area contributed by atoms with Crippen LogP contribution in [0.1, 0.15) is 19.8 Å². The van der Waals surface area contributed by atoms with E-state index >= 15 is 0 Å². The SMILES string of the molecule is CCCC(N)C(CO)Oc1cccc(F)c1. The first-order valence-corrected chi connectivity index (χ1v) is 5.46. The molecule has 0 aliphatic rings. The summed E-state index contributed by atoms with van der Waals surface area (Å²) in [7, 11) is 0. The summed E-state index contributed by atoms with van der Waals surface area (Å²) in [6, 6.07) is 5.58. The summed E-state index contributed by atoms with van der Waals surface area (Å²) in [6.45, 7) is 1.84. The monoisotopic (exact) mass is 227 g/mol. The quantitative estimate of drug-likeness (QED) is 0.777. The van der Waals surface area contributed by atoms with E-state index in [9.17, 15) is 4.39 Å². The smallest absolute Gasteiger partial charge is 0.137 e. The first-order chi connectivity index (χ1) is 7.67. The number of benzene rings is 1. The summed E-state index contributed by atoms with van der Waals surface area (Å²) >= 11 is 0. The predicted octanol–water partition coefficient (Wildman–Crippen LogP) is 1.69. The molecule has 3 N–H and O–H groups in total. The molecule has 1 aromatic carbocycles. The van der Waals surface area contributed by atoms with Gasteiger partial charge in [0.05, 0.1) is 6.61 Å². The molecular formula is C12H18FNO2. The summed E-state index contributed by atoms with van der Waals surface area (Å²) in [5, 5.41) is 9.15. The molecule has 2 unspecified atom stereocenters. The lowest BCUT2D eigenvalue weighted by atomic mass is 10.1. The van der Waals surface area contributed by atoms with Crippen molar-refractivity contribution in [3.63, 3.8) is 0 Å². The van der Waals surface area contributed by atoms with E-state index in [1.54, 1.807) is 12.1 Å². The van der Waals surface area contributed by atoms with Gasteiger partial charge in [0.1, 0.15) is 17.7 Å². The maximum atomic E-state index is 12.9. The molecule has 90 valence electrons. The lowest BCUT2D eigenvalue weighted by molar-refractivity contribution is 0.0914. The van der Waals surface area contributed by atoms with Crippen molar-refractivity contribution >= 4 is 0 Å². The summed E-state index contributed by atoms with van der Waals surface area (Å²) in [4.78, 5) is 0. The van der Waals surface area contributed by atoms with Gasteiger partial charge in [0.2, 0.25) is 0 Å². The standard InChI is InChI=1S/C12H18FNO2/c1-2-4-11(14)12(8-15)16-10-6-3-5-9(13)7-10/h3,5-7,11-12,15H,2,4,8,14H2,1H3. The Hall–Kier alpha value is -1.13. The Morgan fingerprint density at radius 3 is 2.81 bits per heavy atom. The molecule has 0 heterocycles. The van der Waals surface area contributed by atoms with Gasteiger partial charge in [0.25, 0.3) is 0 Å². The zero-order chi connectivity index (χ0) is 12.0. The third kappa shape index (κ3) is 3.79. The van der Waals surface area contributed by atoms with Crippen LogP contribution in [0.25, 0.3) is 0 Å². The molecule has 0 saturated carbocycles. The third-order valence-electron chi connectivity index (χ3n) is 2.36. The van der Waals surface area contributed by atoms with Crippen LogP contribution in [0.3, 0.4) is 0 Å². The molecule has 0 spiro atoms. The lowest BCUT2D eigenvalue weighted by Gasteiger charge is -2.22. The molecule has 0 fully saturated rings. The van der Waals surface area contributed by atoms with Gasteiger partial charge < -0.3 is 15.6 Å². The number of ether oxygens (including phenoxy) is 1. The number of aliphatic hydroxyl groups excluding tert-OH is 1. The molecule has 0 amide bonds. The predicted molar refractivity (Wildman–Crippen MR) is 60.8 cm³/mol. The van der Waals surface area contributed by atoms with Crippen molar-refractivity contribution in [2.75, 3.05) is 6.61 Å². The molecule has 4 heteroatoms. The molecule has 0 saturated heterocycles. The number of rotatable bonds is 6. The molecule has 1 aromatic rings. The number of halogens is 1. The summed E-state index contributed by atoms with van der Waals surface area (Å²) in [5.74, 6) is 0.0313. The van der Waals surface area contributed by atoms with Crippen LogP contribution >= 0.6 is 0 Å². The minimum absolute atomic E-state index is 0.169. The highest BCUT2D eigenvalue weighted by Gasteiger charge is 2.18. The van der Waals surface area contributed by atoms with Gasteiger partial charge in [-0.25, -0.2) is 4.39 Å². The number of aliphatic hydroxyl groups is 1. The van der Waals surface area contributed by atoms with Crippen LogP contribution in [0, 0.1) is 5.82 Å². The molecule has 2 atom stereocenters. The second-order valence-corrected chi connectivity index (χ2v) is 3.75. The van der Waals surface area contributed by atoms with Gasteiger partial charge in [-0.2, -0.15) is 0 Å². The Labute approximate surface area is 95.0 Å². The fourth-order valence-electron chi connectivity index (χ4n) is 1.49. The van der Waals surface area contributed by atoms with Crippen LogP contribution in [-0.2, 0) is 0 Å². The van der Waals surface area contributed by atoms with E-state index in [1.807, 2.05) is 6.92 Å². The lowest BCUT2D eigenvalue weighted by Crippen LogP contribution is -2.41. The number of hydrogen-bond acceptors (Lipinski definition) is 3. The van der Waals surface area contributed by atoms with Gasteiger partial charge in [-0.05, 0) is 18.6 Å². The highest BCUT2D eigenvalue weighted by Crippen LogP contribution is 2.15. The van der Waals surface area contributed by atoms with E-state index in [0.29, 0.717) is 5.75 Å². The van der Waals surface area contributed by atoms with Gasteiger partial charge in [-0.1, -0.05) is 19.4 Å². The molecule has 0 radical (unpaired) electrons. The van der Waals surface area contributed by atoms with Crippen molar-refractivity contribution in [3.8, 4) is 5.75 Å². The van der Waals surface area contributed by atoms with E-state index in [-0.39, 0.29) is 18.5 Å². The van der Waals surface area contributed by atoms with Crippen LogP contribution in [-0.4, -0.2) is 23.9 Å². The average molecular weight is 227 g/mol. The average Bonchev–Trinajstić information content (AvgIpc) is 2.26. The van der Waals surface area contributed by atoms with Crippen LogP contribution in [0.15, 0.2) is 24.3 Å². The molecule has 0 aliphatic carbocycles. The normalized spacial score (nSPS) is 14.5. The fraction of sp³-hybridized carbons (Fsp3) is 0.500. The fourth-order valence-corrected chi connectivity index (χ4v) is 1.49. The zero-order valence-electron chi connectivity index (χ0n) is 9.40. The van der Waals surface area contributed by atoms with Crippen molar-refractivity contribution in [1.82, 2.24) is 0 Å². The van der Waals surface area contributed by atoms with E-state index in [2.05, 4.69) is 0 Å². The minimum Gasteiger partial charge on any atom is -0.486 e. The first kappa shape index (κ1) is 12.9. The summed E-state index contributed by atoms with van der Waals surface area (Å²) in [6.07, 6.45) is 1.20. The van der Waals surface area contributed by atoms with Crippen LogP contribution < -0.4 is 10.5 Å². The topological polar surface area (TPSA) is 55.5 Å². The van der Waals surface area contributed by atoms with Crippen molar-refractivity contribution < 1.29 is 14.2 Å². The second-order valence-electron chi connectivity index (χ2n) is 3.75. The van der Waals surface area contributed by atoms with E-state index in [4.69, 9.17) is 15.6 Å². The zero-order valence-corrected chi connectivity index (χ0v) is 9.40. The Kier molecular flexibility index (Phi) is 5.22. The van der Waals surface area contributed by atoms with Crippen molar-refractivity contribution in [1.29, 1.82) is 0 Å². The maximum absolute atomic E-state index is 12.9. The third-order valence-corrected chi connectivity index (χ3v) is 2.36. The van der Waals surface area contributed by atoms with Crippen molar-refractivity contribution in [2.24, 2.45) is 5.73 Å². The van der Waals surface area contributed by atoms with E-state index in [1.165, 1.54) is 12.1 Å². The largest absolute Gasteiger partial charge is 0.486 e. The van der Waals surface area contributed by atoms with Gasteiger partial charge in [0.15, 0.2) is 0 Å². The molecule has 3 nitrogen and oxygen atoms in total. The van der Waals surface area contributed by atoms with Gasteiger partial charge in [0, 0.05) is 12.1 Å². The van der Waals surface area contributed by atoms with Crippen LogP contribution in [0.4, 0.5) is 4.39 Å². The van der Waals surface area contributed by atoms with E-state index < -0.39 is 6.10 Å². The van der Waals surface area contributed by atoms with Gasteiger partial charge in [-0.15, -0.1) is 0 Å². The van der Waals surface area contributed by atoms with Crippen molar-refractivity contribution in [3.05, 3.63) is 30.1 Å². The number of nitrogens with two attached hydrogens (primary N) is 1. The molecule has 0 aromatic heterocycles. The van der Waals surface area contributed by atoms with Crippen LogP contribution in [0.5, 0.6) is 5.75 Å². The Morgan fingerprint density at radius 1 is 1.50 bits per heavy atom. The minimum atomic E-state index is -0.484. The van der Waals surface area contributed by atoms with Crippen LogP contribution in [0.2, 0.25) is 0 Å². The first-order valence-electron chi connectivity index (χ1n) is 5.46. The Morgan fingerprint density at radius 2 is 2.25 bits per heavy atom. The highest BCUT2D eigenvalue weighted by molar-refractivity contribution is 5.22. The van der Waals surface area contributed by atoms with E-state index in [0.717, 1.165) is 12.8 Å². The molecule has 16 heavy (non-hydrogen) atoms. The van der Waals surface area contributed by atoms with Gasteiger partial charge >= 0.3 is 0 Å². The molecule has 0 aliphatic heterocycles. The Balaban J connectivity index is 2.62. The molecule has 0 bridgehead atoms.